The SMILES string of the molecule is COc1cccc(OC)c1-n1c(NS(=O)(=O)[C@@H](C)[C@H](C)c2ncc(F)cn2)nnc1[C@H]1COCCO1. The van der Waals surface area contributed by atoms with Gasteiger partial charge in [0.15, 0.2) is 11.6 Å². The molecular formula is C22H27FN6O6S. The zero-order valence-corrected chi connectivity index (χ0v) is 21.0. The Morgan fingerprint density at radius 2 is 1.78 bits per heavy atom. The molecule has 0 spiro atoms. The van der Waals surface area contributed by atoms with Crippen molar-refractivity contribution >= 4 is 16.0 Å². The number of methoxy groups -OCH3 is 2. The molecule has 0 radical (unpaired) electrons. The molecule has 1 N–H and O–H groups in total. The predicted molar refractivity (Wildman–Crippen MR) is 126 cm³/mol. The van der Waals surface area contributed by atoms with Gasteiger partial charge in [-0.2, -0.15) is 0 Å². The van der Waals surface area contributed by atoms with Crippen molar-refractivity contribution in [3.63, 3.8) is 0 Å². The average Bonchev–Trinajstić information content (AvgIpc) is 3.30. The second-order valence-electron chi connectivity index (χ2n) is 8.06. The summed E-state index contributed by atoms with van der Waals surface area (Å²) >= 11 is 0. The van der Waals surface area contributed by atoms with Gasteiger partial charge in [-0.3, -0.25) is 9.29 Å². The summed E-state index contributed by atoms with van der Waals surface area (Å²) in [5, 5.41) is 7.34. The molecule has 194 valence electrons. The molecule has 3 aromatic rings. The van der Waals surface area contributed by atoms with Gasteiger partial charge in [0.25, 0.3) is 0 Å². The molecule has 0 saturated carbocycles. The van der Waals surface area contributed by atoms with E-state index in [9.17, 15) is 12.8 Å². The van der Waals surface area contributed by atoms with Gasteiger partial charge >= 0.3 is 0 Å². The molecule has 1 aliphatic heterocycles. The van der Waals surface area contributed by atoms with Crippen LogP contribution in [0.5, 0.6) is 11.5 Å². The fraction of sp³-hybridized carbons (Fsp3) is 0.455. The molecular weight excluding hydrogens is 495 g/mol. The van der Waals surface area contributed by atoms with Gasteiger partial charge in [0.2, 0.25) is 16.0 Å². The molecule has 1 aliphatic rings. The van der Waals surface area contributed by atoms with Crippen LogP contribution in [-0.2, 0) is 19.5 Å². The molecule has 2 aromatic heterocycles. The molecule has 0 aliphatic carbocycles. The minimum atomic E-state index is -4.06. The molecule has 0 bridgehead atoms. The molecule has 36 heavy (non-hydrogen) atoms. The summed E-state index contributed by atoms with van der Waals surface area (Å²) in [6.45, 7) is 4.13. The van der Waals surface area contributed by atoms with Crippen molar-refractivity contribution in [2.45, 2.75) is 31.1 Å². The van der Waals surface area contributed by atoms with Gasteiger partial charge in [-0.05, 0) is 19.1 Å². The normalized spacial score (nSPS) is 17.9. The predicted octanol–water partition coefficient (Wildman–Crippen LogP) is 2.24. The quantitative estimate of drug-likeness (QED) is 0.445. The van der Waals surface area contributed by atoms with Crippen molar-refractivity contribution in [1.29, 1.82) is 0 Å². The van der Waals surface area contributed by atoms with E-state index in [-0.39, 0.29) is 18.4 Å². The van der Waals surface area contributed by atoms with Crippen molar-refractivity contribution in [2.24, 2.45) is 0 Å². The van der Waals surface area contributed by atoms with Crippen molar-refractivity contribution in [3.05, 3.63) is 48.1 Å². The Morgan fingerprint density at radius 1 is 1.11 bits per heavy atom. The number of hydrogen-bond donors (Lipinski definition) is 1. The number of halogens is 1. The van der Waals surface area contributed by atoms with Crippen molar-refractivity contribution in [1.82, 2.24) is 24.7 Å². The first-order valence-corrected chi connectivity index (χ1v) is 12.7. The summed E-state index contributed by atoms with van der Waals surface area (Å²) < 4.78 is 66.5. The number of ether oxygens (including phenoxy) is 4. The van der Waals surface area contributed by atoms with Crippen LogP contribution in [0, 0.1) is 5.82 Å². The van der Waals surface area contributed by atoms with Crippen LogP contribution >= 0.6 is 0 Å². The second kappa shape index (κ2) is 10.7. The topological polar surface area (TPSA) is 140 Å². The van der Waals surface area contributed by atoms with Gasteiger partial charge in [-0.25, -0.2) is 22.8 Å². The molecule has 12 nitrogen and oxygen atoms in total. The van der Waals surface area contributed by atoms with E-state index in [0.717, 1.165) is 12.4 Å². The van der Waals surface area contributed by atoms with Gasteiger partial charge in [0.05, 0.1) is 51.7 Å². The van der Waals surface area contributed by atoms with Crippen molar-refractivity contribution < 1.29 is 31.8 Å². The summed E-state index contributed by atoms with van der Waals surface area (Å²) in [5.41, 5.74) is 0.386. The summed E-state index contributed by atoms with van der Waals surface area (Å²) in [4.78, 5) is 7.84. The lowest BCUT2D eigenvalue weighted by atomic mass is 10.1. The smallest absolute Gasteiger partial charge is 0.243 e. The maximum atomic E-state index is 13.4. The van der Waals surface area contributed by atoms with E-state index in [4.69, 9.17) is 18.9 Å². The Balaban J connectivity index is 1.77. The van der Waals surface area contributed by atoms with E-state index < -0.39 is 33.1 Å². The molecule has 3 heterocycles. The summed E-state index contributed by atoms with van der Waals surface area (Å²) in [6, 6.07) is 5.14. The standard InChI is InChI=1S/C22H27FN6O6S/c1-13(20-24-10-15(23)11-25-20)14(2)36(30,31)28-22-27-26-21(18-12-34-8-9-35-18)29(22)19-16(32-3)6-5-7-17(19)33-4/h5-7,10-11,13-14,18H,8-9,12H2,1-4H3,(H,27,28)/t13-,14-,18+/m0/s1. The zero-order valence-electron chi connectivity index (χ0n) is 20.2. The molecule has 14 heteroatoms. The van der Waals surface area contributed by atoms with Gasteiger partial charge < -0.3 is 18.9 Å². The van der Waals surface area contributed by atoms with Gasteiger partial charge in [0, 0.05) is 5.92 Å². The Kier molecular flexibility index (Phi) is 7.66. The van der Waals surface area contributed by atoms with Crippen LogP contribution in [0.2, 0.25) is 0 Å². The minimum absolute atomic E-state index is 0.0963. The van der Waals surface area contributed by atoms with Crippen LogP contribution in [-0.4, -0.2) is 72.4 Å². The van der Waals surface area contributed by atoms with E-state index in [1.54, 1.807) is 25.1 Å². The zero-order chi connectivity index (χ0) is 25.9. The maximum Gasteiger partial charge on any atom is 0.243 e. The van der Waals surface area contributed by atoms with E-state index in [2.05, 4.69) is 24.9 Å². The van der Waals surface area contributed by atoms with Gasteiger partial charge in [-0.15, -0.1) is 10.2 Å². The number of nitrogens with zero attached hydrogens (tertiary/aromatic N) is 5. The lowest BCUT2D eigenvalue weighted by Gasteiger charge is -2.25. The Morgan fingerprint density at radius 3 is 2.36 bits per heavy atom. The van der Waals surface area contributed by atoms with E-state index in [0.29, 0.717) is 36.2 Å². The fourth-order valence-corrected chi connectivity index (χ4v) is 4.97. The number of rotatable bonds is 9. The minimum Gasteiger partial charge on any atom is -0.494 e. The number of aromatic nitrogens is 5. The fourth-order valence-electron chi connectivity index (χ4n) is 3.74. The van der Waals surface area contributed by atoms with Crippen molar-refractivity contribution in [3.8, 4) is 17.2 Å². The van der Waals surface area contributed by atoms with Crippen LogP contribution in [0.4, 0.5) is 10.3 Å². The van der Waals surface area contributed by atoms with E-state index >= 15 is 0 Å². The molecule has 4 rings (SSSR count). The first-order chi connectivity index (χ1) is 17.3. The molecule has 0 unspecified atom stereocenters. The van der Waals surface area contributed by atoms with Crippen LogP contribution in [0.15, 0.2) is 30.6 Å². The first kappa shape index (κ1) is 25.7. The summed E-state index contributed by atoms with van der Waals surface area (Å²) in [6.07, 6.45) is 1.38. The van der Waals surface area contributed by atoms with Gasteiger partial charge in [-0.1, -0.05) is 13.0 Å². The van der Waals surface area contributed by atoms with Gasteiger partial charge in [0.1, 0.15) is 29.1 Å². The number of anilines is 1. The lowest BCUT2D eigenvalue weighted by molar-refractivity contribution is -0.0941. The van der Waals surface area contributed by atoms with E-state index in [1.807, 2.05) is 0 Å². The number of benzene rings is 1. The average molecular weight is 523 g/mol. The Bertz CT molecular complexity index is 1270. The molecule has 0 amide bonds. The third-order valence-corrected chi connectivity index (χ3v) is 7.75. The molecule has 3 atom stereocenters. The van der Waals surface area contributed by atoms with Crippen LogP contribution in [0.1, 0.15) is 37.5 Å². The van der Waals surface area contributed by atoms with Crippen LogP contribution < -0.4 is 14.2 Å². The van der Waals surface area contributed by atoms with Crippen LogP contribution in [0.25, 0.3) is 5.69 Å². The molecule has 1 aromatic carbocycles. The third kappa shape index (κ3) is 5.10. The highest BCUT2D eigenvalue weighted by Crippen LogP contribution is 2.37. The monoisotopic (exact) mass is 522 g/mol. The highest BCUT2D eigenvalue weighted by Gasteiger charge is 2.34. The number of nitrogens with one attached hydrogen (secondary N) is 1. The number of para-hydroxylation sites is 1. The van der Waals surface area contributed by atoms with E-state index in [1.165, 1.54) is 25.7 Å². The highest BCUT2D eigenvalue weighted by atomic mass is 32.2. The largest absolute Gasteiger partial charge is 0.494 e. The summed E-state index contributed by atoms with van der Waals surface area (Å²) in [5.74, 6) is -0.0773. The third-order valence-electron chi connectivity index (χ3n) is 5.89. The Hall–Kier alpha value is -3.36. The number of hydrogen-bond acceptors (Lipinski definition) is 10. The van der Waals surface area contributed by atoms with Crippen molar-refractivity contribution in [2.75, 3.05) is 38.8 Å². The maximum absolute atomic E-state index is 13.4. The molecule has 1 saturated heterocycles. The first-order valence-electron chi connectivity index (χ1n) is 11.1. The Labute approximate surface area is 207 Å². The summed E-state index contributed by atoms with van der Waals surface area (Å²) in [7, 11) is -1.09. The van der Waals surface area contributed by atoms with Crippen LogP contribution in [0.3, 0.4) is 0 Å². The lowest BCUT2D eigenvalue weighted by Crippen LogP contribution is -2.32. The second-order valence-corrected chi connectivity index (χ2v) is 10.1. The molecule has 1 fully saturated rings. The highest BCUT2D eigenvalue weighted by molar-refractivity contribution is 7.93. The number of sulfonamides is 1.